The molecule has 0 spiro atoms. The Hall–Kier alpha value is -4.50. The molecule has 0 atom stereocenters. The van der Waals surface area contributed by atoms with Crippen molar-refractivity contribution in [1.29, 1.82) is 0 Å². The van der Waals surface area contributed by atoms with Crippen LogP contribution in [0.25, 0.3) is 32.5 Å². The van der Waals surface area contributed by atoms with Crippen molar-refractivity contribution in [3.05, 3.63) is 131 Å². The standard InChI is InChI=1S/C27H18N4O2S/c28-30-29-23-17-10-18-24-27(23)26(21-13-6-2-7-14-21)25(19-20-11-4-1-5-12-20)31(24)34(32,33)22-15-8-3-9-16-22/h1-6,8-13,15-18H,19H2. The normalized spacial score (nSPS) is 11.1. The first kappa shape index (κ1) is 21.4. The van der Waals surface area contributed by atoms with E-state index in [1.54, 1.807) is 54.6 Å². The Morgan fingerprint density at radius 2 is 1.62 bits per heavy atom. The summed E-state index contributed by atoms with van der Waals surface area (Å²) in [5.74, 6) is 0. The molecule has 7 heteroatoms. The van der Waals surface area contributed by atoms with Crippen LogP contribution >= 0.6 is 0 Å². The van der Waals surface area contributed by atoms with E-state index in [-0.39, 0.29) is 4.90 Å². The molecule has 0 fully saturated rings. The van der Waals surface area contributed by atoms with E-state index >= 15 is 0 Å². The summed E-state index contributed by atoms with van der Waals surface area (Å²) in [6.07, 6.45) is 0.343. The van der Waals surface area contributed by atoms with E-state index in [9.17, 15) is 13.9 Å². The lowest BCUT2D eigenvalue weighted by atomic mass is 9.99. The molecule has 5 rings (SSSR count). The number of aromatic nitrogens is 1. The average molecular weight is 463 g/mol. The van der Waals surface area contributed by atoms with E-state index in [0.29, 0.717) is 39.8 Å². The van der Waals surface area contributed by atoms with Crippen LogP contribution in [-0.4, -0.2) is 12.4 Å². The van der Waals surface area contributed by atoms with Gasteiger partial charge < -0.3 is 0 Å². The highest BCUT2D eigenvalue weighted by atomic mass is 32.2. The SMILES string of the molecule is [N-]=[N+]=Nc1cccc2c1c(-c1c#cccc1)c(Cc1ccccc1)n2S(=O)(=O)c1ccccc1. The van der Waals surface area contributed by atoms with Gasteiger partial charge in [-0.3, -0.25) is 0 Å². The third-order valence-electron chi connectivity index (χ3n) is 5.59. The predicted molar refractivity (Wildman–Crippen MR) is 132 cm³/mol. The summed E-state index contributed by atoms with van der Waals surface area (Å²) in [6, 6.07) is 34.6. The molecule has 6 nitrogen and oxygen atoms in total. The Kier molecular flexibility index (Phi) is 5.52. The number of nitrogens with zero attached hydrogens (tertiary/aromatic N) is 4. The quantitative estimate of drug-likeness (QED) is 0.160. The summed E-state index contributed by atoms with van der Waals surface area (Å²) in [5, 5.41) is 4.44. The summed E-state index contributed by atoms with van der Waals surface area (Å²) < 4.78 is 29.4. The second-order valence-electron chi connectivity index (χ2n) is 7.64. The van der Waals surface area contributed by atoms with E-state index in [2.05, 4.69) is 22.2 Å². The fraction of sp³-hybridized carbons (Fsp3) is 0.0370. The van der Waals surface area contributed by atoms with Crippen molar-refractivity contribution in [1.82, 2.24) is 3.97 Å². The summed E-state index contributed by atoms with van der Waals surface area (Å²) in [4.78, 5) is 3.15. The number of azide groups is 1. The molecule has 0 N–H and O–H groups in total. The van der Waals surface area contributed by atoms with Crippen molar-refractivity contribution in [3.63, 3.8) is 0 Å². The van der Waals surface area contributed by atoms with Gasteiger partial charge in [-0.05, 0) is 41.4 Å². The van der Waals surface area contributed by atoms with Crippen molar-refractivity contribution >= 4 is 26.6 Å². The lowest BCUT2D eigenvalue weighted by Gasteiger charge is -2.13. The fourth-order valence-electron chi connectivity index (χ4n) is 4.19. The minimum absolute atomic E-state index is 0.172. The molecule has 34 heavy (non-hydrogen) atoms. The molecule has 0 saturated heterocycles. The molecule has 0 unspecified atom stereocenters. The number of benzene rings is 3. The van der Waals surface area contributed by atoms with Gasteiger partial charge in [0.15, 0.2) is 0 Å². The molecule has 0 saturated carbocycles. The topological polar surface area (TPSA) is 87.8 Å². The molecular formula is C27H18N4O2S. The van der Waals surface area contributed by atoms with Gasteiger partial charge in [-0.25, -0.2) is 12.4 Å². The molecule has 4 aromatic carbocycles. The third-order valence-corrected chi connectivity index (χ3v) is 7.36. The minimum atomic E-state index is -3.98. The van der Waals surface area contributed by atoms with E-state index < -0.39 is 10.0 Å². The molecule has 1 heterocycles. The Morgan fingerprint density at radius 1 is 0.882 bits per heavy atom. The van der Waals surface area contributed by atoms with E-state index in [1.807, 2.05) is 42.5 Å². The largest absolute Gasteiger partial charge is 0.268 e. The molecule has 0 bridgehead atoms. The average Bonchev–Trinajstić information content (AvgIpc) is 3.21. The molecule has 0 amide bonds. The number of fused-ring (bicyclic) bond motifs is 1. The van der Waals surface area contributed by atoms with Gasteiger partial charge in [-0.2, -0.15) is 0 Å². The highest BCUT2D eigenvalue weighted by Crippen LogP contribution is 2.42. The molecule has 0 aliphatic carbocycles. The highest BCUT2D eigenvalue weighted by Gasteiger charge is 2.28. The zero-order valence-electron chi connectivity index (χ0n) is 18.0. The van der Waals surface area contributed by atoms with Gasteiger partial charge in [-0.15, -0.1) is 0 Å². The van der Waals surface area contributed by atoms with Crippen molar-refractivity contribution in [2.75, 3.05) is 0 Å². The summed E-state index contributed by atoms with van der Waals surface area (Å²) in [7, 11) is -3.98. The lowest BCUT2D eigenvalue weighted by Crippen LogP contribution is -2.16. The number of hydrogen-bond acceptors (Lipinski definition) is 3. The second kappa shape index (κ2) is 8.80. The zero-order chi connectivity index (χ0) is 23.5. The van der Waals surface area contributed by atoms with Crippen LogP contribution in [-0.2, 0) is 16.4 Å². The molecule has 164 valence electrons. The van der Waals surface area contributed by atoms with Crippen LogP contribution < -0.4 is 0 Å². The molecule has 0 aliphatic rings. The monoisotopic (exact) mass is 462 g/mol. The van der Waals surface area contributed by atoms with Crippen molar-refractivity contribution in [2.45, 2.75) is 11.3 Å². The number of hydrogen-bond donors (Lipinski definition) is 0. The van der Waals surface area contributed by atoms with Crippen LogP contribution in [0, 0.1) is 12.1 Å². The van der Waals surface area contributed by atoms with Crippen molar-refractivity contribution in [2.24, 2.45) is 5.11 Å². The van der Waals surface area contributed by atoms with Gasteiger partial charge >= 0.3 is 0 Å². The maximum atomic E-state index is 14.0. The third kappa shape index (κ3) is 3.67. The Labute approximate surface area is 197 Å². The van der Waals surface area contributed by atoms with Crippen LogP contribution in [0.15, 0.2) is 107 Å². The lowest BCUT2D eigenvalue weighted by molar-refractivity contribution is 0.587. The predicted octanol–water partition coefficient (Wildman–Crippen LogP) is 6.68. The number of rotatable bonds is 6. The Bertz CT molecular complexity index is 1620. The Morgan fingerprint density at radius 3 is 2.29 bits per heavy atom. The van der Waals surface area contributed by atoms with Crippen LogP contribution in [0.4, 0.5) is 5.69 Å². The minimum Gasteiger partial charge on any atom is -0.237 e. The smallest absolute Gasteiger partial charge is 0.237 e. The van der Waals surface area contributed by atoms with Crippen LogP contribution in [0.3, 0.4) is 0 Å². The van der Waals surface area contributed by atoms with E-state index in [1.165, 1.54) is 3.97 Å². The molecule has 1 aromatic heterocycles. The maximum absolute atomic E-state index is 14.0. The van der Waals surface area contributed by atoms with Gasteiger partial charge in [0.05, 0.1) is 10.4 Å². The Balaban J connectivity index is 1.95. The first-order valence-electron chi connectivity index (χ1n) is 10.6. The fourth-order valence-corrected chi connectivity index (χ4v) is 5.76. The summed E-state index contributed by atoms with van der Waals surface area (Å²) in [5.41, 5.74) is 12.8. The highest BCUT2D eigenvalue weighted by molar-refractivity contribution is 7.90. The first-order valence-corrected chi connectivity index (χ1v) is 12.0. The zero-order valence-corrected chi connectivity index (χ0v) is 18.8. The van der Waals surface area contributed by atoms with Gasteiger partial charge in [0.2, 0.25) is 0 Å². The van der Waals surface area contributed by atoms with Crippen LogP contribution in [0.5, 0.6) is 0 Å². The van der Waals surface area contributed by atoms with E-state index in [0.717, 1.165) is 5.56 Å². The summed E-state index contributed by atoms with van der Waals surface area (Å²) >= 11 is 0. The van der Waals surface area contributed by atoms with Gasteiger partial charge in [0.1, 0.15) is 0 Å². The van der Waals surface area contributed by atoms with Gasteiger partial charge in [-0.1, -0.05) is 84.0 Å². The maximum Gasteiger partial charge on any atom is 0.268 e. The van der Waals surface area contributed by atoms with Gasteiger partial charge in [0, 0.05) is 39.2 Å². The van der Waals surface area contributed by atoms with E-state index in [4.69, 9.17) is 0 Å². The molecule has 0 aliphatic heterocycles. The molecule has 0 radical (unpaired) electrons. The second-order valence-corrected chi connectivity index (χ2v) is 9.42. The van der Waals surface area contributed by atoms with Crippen molar-refractivity contribution < 1.29 is 8.42 Å². The van der Waals surface area contributed by atoms with Crippen molar-refractivity contribution in [3.8, 4) is 11.1 Å². The van der Waals surface area contributed by atoms with Crippen LogP contribution in [0.2, 0.25) is 0 Å². The first-order chi connectivity index (χ1) is 16.6. The molecular weight excluding hydrogens is 444 g/mol. The summed E-state index contributed by atoms with van der Waals surface area (Å²) in [6.45, 7) is 0. The molecule has 5 aromatic rings. The van der Waals surface area contributed by atoms with Gasteiger partial charge in [0.25, 0.3) is 10.0 Å². The van der Waals surface area contributed by atoms with Crippen LogP contribution in [0.1, 0.15) is 11.3 Å².